The molecule has 6 heteroatoms. The van der Waals surface area contributed by atoms with E-state index in [2.05, 4.69) is 4.57 Å². The maximum absolute atomic E-state index is 6.19. The van der Waals surface area contributed by atoms with Gasteiger partial charge >= 0.3 is 0 Å². The van der Waals surface area contributed by atoms with Crippen molar-refractivity contribution in [2.75, 3.05) is 0 Å². The molecule has 0 unspecified atom stereocenters. The number of aromatic nitrogens is 2. The van der Waals surface area contributed by atoms with Gasteiger partial charge in [0.05, 0.1) is 26.1 Å². The predicted molar refractivity (Wildman–Crippen MR) is 111 cm³/mol. The van der Waals surface area contributed by atoms with E-state index in [4.69, 9.17) is 44.5 Å². The highest BCUT2D eigenvalue weighted by Crippen LogP contribution is 2.27. The van der Waals surface area contributed by atoms with Crippen LogP contribution in [0.4, 0.5) is 0 Å². The lowest BCUT2D eigenvalue weighted by Gasteiger charge is -2.12. The molecule has 0 saturated heterocycles. The van der Waals surface area contributed by atoms with Gasteiger partial charge in [-0.25, -0.2) is 4.98 Å². The number of benzene rings is 3. The molecule has 0 atom stereocenters. The third-order valence-electron chi connectivity index (χ3n) is 4.25. The second-order valence-electron chi connectivity index (χ2n) is 6.07. The maximum Gasteiger partial charge on any atom is 0.148 e. The first-order chi connectivity index (χ1) is 13.1. The van der Waals surface area contributed by atoms with Crippen LogP contribution >= 0.6 is 34.8 Å². The van der Waals surface area contributed by atoms with Gasteiger partial charge in [0.1, 0.15) is 18.2 Å². The molecular weight excluding hydrogens is 403 g/mol. The Morgan fingerprint density at radius 1 is 0.815 bits per heavy atom. The molecule has 1 heterocycles. The van der Waals surface area contributed by atoms with Crippen LogP contribution in [0.1, 0.15) is 11.4 Å². The molecule has 136 valence electrons. The van der Waals surface area contributed by atoms with Crippen LogP contribution in [0.5, 0.6) is 5.75 Å². The van der Waals surface area contributed by atoms with Gasteiger partial charge in [-0.2, -0.15) is 0 Å². The largest absolute Gasteiger partial charge is 0.484 e. The van der Waals surface area contributed by atoms with E-state index in [1.165, 1.54) is 0 Å². The molecule has 0 aliphatic rings. The minimum absolute atomic E-state index is 0.305. The Balaban J connectivity index is 1.68. The number of para-hydroxylation sites is 3. The number of fused-ring (bicyclic) bond motifs is 1. The van der Waals surface area contributed by atoms with Gasteiger partial charge in [0.25, 0.3) is 0 Å². The monoisotopic (exact) mass is 416 g/mol. The van der Waals surface area contributed by atoms with Crippen molar-refractivity contribution < 1.29 is 4.74 Å². The summed E-state index contributed by atoms with van der Waals surface area (Å²) in [5, 5.41) is 1.65. The third-order valence-corrected chi connectivity index (χ3v) is 5.30. The fourth-order valence-electron chi connectivity index (χ4n) is 2.94. The summed E-state index contributed by atoms with van der Waals surface area (Å²) in [5.74, 6) is 1.44. The molecule has 0 N–H and O–H groups in total. The van der Waals surface area contributed by atoms with Gasteiger partial charge in [-0.3, -0.25) is 0 Å². The number of imidazole rings is 1. The summed E-state index contributed by atoms with van der Waals surface area (Å²) in [5.41, 5.74) is 2.98. The van der Waals surface area contributed by atoms with Crippen LogP contribution in [0.25, 0.3) is 11.0 Å². The normalized spacial score (nSPS) is 11.1. The second kappa shape index (κ2) is 7.81. The molecule has 0 fully saturated rings. The van der Waals surface area contributed by atoms with E-state index in [0.717, 1.165) is 22.4 Å². The van der Waals surface area contributed by atoms with Crippen LogP contribution in [0.2, 0.25) is 15.1 Å². The summed E-state index contributed by atoms with van der Waals surface area (Å²) < 4.78 is 8.03. The number of nitrogens with zero attached hydrogens (tertiary/aromatic N) is 2. The van der Waals surface area contributed by atoms with Crippen LogP contribution in [0.3, 0.4) is 0 Å². The Kier molecular flexibility index (Phi) is 5.26. The summed E-state index contributed by atoms with van der Waals surface area (Å²) in [4.78, 5) is 4.73. The first-order valence-electron chi connectivity index (χ1n) is 8.37. The van der Waals surface area contributed by atoms with Crippen molar-refractivity contribution >= 4 is 45.8 Å². The summed E-state index contributed by atoms with van der Waals surface area (Å²) in [6, 6.07) is 21.0. The molecule has 0 bridgehead atoms. The van der Waals surface area contributed by atoms with Crippen molar-refractivity contribution in [3.63, 3.8) is 0 Å². The molecule has 4 rings (SSSR count). The number of hydrogen-bond donors (Lipinski definition) is 0. The summed E-state index contributed by atoms with van der Waals surface area (Å²) in [6.45, 7) is 0.915. The Labute approximate surface area is 172 Å². The molecule has 3 nitrogen and oxygen atoms in total. The van der Waals surface area contributed by atoms with Gasteiger partial charge in [0.2, 0.25) is 0 Å². The highest BCUT2D eigenvalue weighted by atomic mass is 35.5. The first-order valence-corrected chi connectivity index (χ1v) is 9.50. The SMILES string of the molecule is Clc1ccc(Cn2c(COc3ccccc3Cl)nc3ccccc32)cc1Cl. The highest BCUT2D eigenvalue weighted by molar-refractivity contribution is 6.42. The van der Waals surface area contributed by atoms with Gasteiger partial charge in [-0.15, -0.1) is 0 Å². The van der Waals surface area contributed by atoms with Crippen LogP contribution in [-0.4, -0.2) is 9.55 Å². The molecule has 0 radical (unpaired) electrons. The maximum atomic E-state index is 6.19. The van der Waals surface area contributed by atoms with Crippen molar-refractivity contribution in [2.45, 2.75) is 13.2 Å². The number of ether oxygens (including phenoxy) is 1. The minimum atomic E-state index is 0.305. The van der Waals surface area contributed by atoms with Crippen molar-refractivity contribution in [3.8, 4) is 5.75 Å². The third kappa shape index (κ3) is 3.91. The molecule has 0 aliphatic carbocycles. The molecule has 0 aliphatic heterocycles. The molecule has 1 aromatic heterocycles. The molecular formula is C21H15Cl3N2O. The number of rotatable bonds is 5. The Morgan fingerprint density at radius 2 is 1.59 bits per heavy atom. The van der Waals surface area contributed by atoms with E-state index in [-0.39, 0.29) is 0 Å². The average molecular weight is 418 g/mol. The van der Waals surface area contributed by atoms with Crippen LogP contribution in [0.15, 0.2) is 66.7 Å². The first kappa shape index (κ1) is 18.2. The van der Waals surface area contributed by atoms with E-state index < -0.39 is 0 Å². The standard InChI is InChI=1S/C21H15Cl3N2O/c22-15-10-9-14(11-17(15)24)12-26-19-7-3-2-6-18(19)25-21(26)13-27-20-8-4-1-5-16(20)23/h1-11H,12-13H2. The minimum Gasteiger partial charge on any atom is -0.484 e. The molecule has 3 aromatic carbocycles. The van der Waals surface area contributed by atoms with E-state index in [1.807, 2.05) is 54.6 Å². The predicted octanol–water partition coefficient (Wildman–Crippen LogP) is 6.62. The topological polar surface area (TPSA) is 27.1 Å². The van der Waals surface area contributed by atoms with E-state index in [1.54, 1.807) is 12.1 Å². The molecule has 27 heavy (non-hydrogen) atoms. The van der Waals surface area contributed by atoms with Gasteiger partial charge in [0, 0.05) is 6.54 Å². The lowest BCUT2D eigenvalue weighted by Crippen LogP contribution is -2.08. The van der Waals surface area contributed by atoms with E-state index in [9.17, 15) is 0 Å². The second-order valence-corrected chi connectivity index (χ2v) is 7.29. The number of halogens is 3. The average Bonchev–Trinajstić information content (AvgIpc) is 3.02. The zero-order valence-corrected chi connectivity index (χ0v) is 16.5. The van der Waals surface area contributed by atoms with Crippen molar-refractivity contribution in [1.29, 1.82) is 0 Å². The fourth-order valence-corrected chi connectivity index (χ4v) is 3.45. The zero-order valence-electron chi connectivity index (χ0n) is 14.2. The summed E-state index contributed by atoms with van der Waals surface area (Å²) in [7, 11) is 0. The van der Waals surface area contributed by atoms with Crippen LogP contribution in [0, 0.1) is 0 Å². The zero-order chi connectivity index (χ0) is 18.8. The molecule has 4 aromatic rings. The van der Waals surface area contributed by atoms with Crippen LogP contribution in [-0.2, 0) is 13.2 Å². The van der Waals surface area contributed by atoms with Gasteiger partial charge in [0.15, 0.2) is 0 Å². The van der Waals surface area contributed by atoms with E-state index in [0.29, 0.717) is 34.0 Å². The number of hydrogen-bond acceptors (Lipinski definition) is 2. The quantitative estimate of drug-likeness (QED) is 0.364. The van der Waals surface area contributed by atoms with Crippen molar-refractivity contribution in [2.24, 2.45) is 0 Å². The molecule has 0 spiro atoms. The summed E-state index contributed by atoms with van der Waals surface area (Å²) in [6.07, 6.45) is 0. The smallest absolute Gasteiger partial charge is 0.148 e. The molecule has 0 saturated carbocycles. The van der Waals surface area contributed by atoms with Crippen LogP contribution < -0.4 is 4.74 Å². The highest BCUT2D eigenvalue weighted by Gasteiger charge is 2.13. The van der Waals surface area contributed by atoms with Gasteiger partial charge in [-0.05, 0) is 42.0 Å². The fraction of sp³-hybridized carbons (Fsp3) is 0.0952. The summed E-state index contributed by atoms with van der Waals surface area (Å²) >= 11 is 18.4. The van der Waals surface area contributed by atoms with Gasteiger partial charge in [-0.1, -0.05) is 65.1 Å². The lowest BCUT2D eigenvalue weighted by atomic mass is 10.2. The van der Waals surface area contributed by atoms with Crippen molar-refractivity contribution in [1.82, 2.24) is 9.55 Å². The Hall–Kier alpha value is -2.20. The molecule has 0 amide bonds. The van der Waals surface area contributed by atoms with E-state index >= 15 is 0 Å². The lowest BCUT2D eigenvalue weighted by molar-refractivity contribution is 0.291. The Bertz CT molecular complexity index is 1110. The van der Waals surface area contributed by atoms with Gasteiger partial charge < -0.3 is 9.30 Å². The van der Waals surface area contributed by atoms with Crippen molar-refractivity contribution in [3.05, 3.63) is 93.2 Å². The Morgan fingerprint density at radius 3 is 2.41 bits per heavy atom.